The Morgan fingerprint density at radius 3 is 2.42 bits per heavy atom. The van der Waals surface area contributed by atoms with Gasteiger partial charge in [-0.2, -0.15) is 0 Å². The molecule has 5 nitrogen and oxygen atoms in total. The van der Waals surface area contributed by atoms with Crippen molar-refractivity contribution in [2.45, 2.75) is 25.4 Å². The molecule has 0 aromatic heterocycles. The lowest BCUT2D eigenvalue weighted by atomic mass is 9.99. The Morgan fingerprint density at radius 2 is 1.79 bits per heavy atom. The number of nitrogens with one attached hydrogen (secondary N) is 1. The normalized spacial score (nSPS) is 21.5. The maximum absolute atomic E-state index is 12.5. The van der Waals surface area contributed by atoms with E-state index in [2.05, 4.69) is 10.4 Å². The Labute approximate surface area is 141 Å². The van der Waals surface area contributed by atoms with Gasteiger partial charge in [0.2, 0.25) is 6.04 Å². The van der Waals surface area contributed by atoms with Gasteiger partial charge in [-0.25, -0.2) is 0 Å². The number of rotatable bonds is 4. The van der Waals surface area contributed by atoms with Gasteiger partial charge in [0, 0.05) is 17.5 Å². The number of nitrogens with zero attached hydrogens (tertiary/aromatic N) is 2. The highest BCUT2D eigenvalue weighted by molar-refractivity contribution is 5.97. The zero-order chi connectivity index (χ0) is 16.9. The highest BCUT2D eigenvalue weighted by Gasteiger charge is 2.40. The van der Waals surface area contributed by atoms with Gasteiger partial charge in [-0.1, -0.05) is 60.1 Å². The van der Waals surface area contributed by atoms with Crippen molar-refractivity contribution in [3.8, 4) is 0 Å². The van der Waals surface area contributed by atoms with Gasteiger partial charge in [-0.3, -0.25) is 4.79 Å². The maximum Gasteiger partial charge on any atom is 0.252 e. The lowest BCUT2D eigenvalue weighted by molar-refractivity contribution is -0.566. The summed E-state index contributed by atoms with van der Waals surface area (Å²) in [7, 11) is 0. The van der Waals surface area contributed by atoms with E-state index < -0.39 is 6.04 Å². The second-order valence-electron chi connectivity index (χ2n) is 5.58. The van der Waals surface area contributed by atoms with Gasteiger partial charge < -0.3 is 10.4 Å². The zero-order valence-corrected chi connectivity index (χ0v) is 13.4. The Kier molecular flexibility index (Phi) is 4.70. The van der Waals surface area contributed by atoms with Crippen LogP contribution in [-0.4, -0.2) is 28.7 Å². The van der Waals surface area contributed by atoms with Crippen LogP contribution in [0.25, 0.3) is 0 Å². The maximum atomic E-state index is 12.5. The molecular formula is C19H19N3O2. The molecular weight excluding hydrogens is 302 g/mol. The highest BCUT2D eigenvalue weighted by Crippen LogP contribution is 2.26. The largest absolute Gasteiger partial charge is 0.856 e. The van der Waals surface area contributed by atoms with Crippen molar-refractivity contribution in [3.05, 3.63) is 71.8 Å². The fourth-order valence-electron chi connectivity index (χ4n) is 2.82. The van der Waals surface area contributed by atoms with Crippen molar-refractivity contribution in [2.75, 3.05) is 0 Å². The third kappa shape index (κ3) is 3.20. The summed E-state index contributed by atoms with van der Waals surface area (Å²) >= 11 is 0. The number of amides is 1. The first-order valence-electron chi connectivity index (χ1n) is 7.98. The Hall–Kier alpha value is -2.95. The van der Waals surface area contributed by atoms with Crippen LogP contribution >= 0.6 is 0 Å². The van der Waals surface area contributed by atoms with Crippen LogP contribution in [0.5, 0.6) is 0 Å². The molecule has 0 fully saturated rings. The molecule has 0 saturated heterocycles. The van der Waals surface area contributed by atoms with Crippen molar-refractivity contribution >= 4 is 18.0 Å². The molecule has 0 aliphatic carbocycles. The zero-order valence-electron chi connectivity index (χ0n) is 13.4. The van der Waals surface area contributed by atoms with E-state index in [1.54, 1.807) is 28.9 Å². The molecule has 1 aliphatic heterocycles. The number of carbonyl (C=O) groups excluding carboxylic acids is 1. The molecule has 0 saturated carbocycles. The third-order valence-electron chi connectivity index (χ3n) is 3.91. The summed E-state index contributed by atoms with van der Waals surface area (Å²) in [6.45, 7) is 1.98. The van der Waals surface area contributed by atoms with Crippen LogP contribution in [0.15, 0.2) is 65.8 Å². The van der Waals surface area contributed by atoms with Crippen LogP contribution in [0, 0.1) is 0 Å². The van der Waals surface area contributed by atoms with Gasteiger partial charge in [0.25, 0.3) is 5.91 Å². The van der Waals surface area contributed by atoms with Crippen LogP contribution < -0.4 is 10.4 Å². The molecule has 1 aliphatic rings. The molecule has 1 heterocycles. The van der Waals surface area contributed by atoms with Crippen LogP contribution in [0.3, 0.4) is 0 Å². The summed E-state index contributed by atoms with van der Waals surface area (Å²) in [5.74, 6) is -0.610. The first-order chi connectivity index (χ1) is 11.7. The van der Waals surface area contributed by atoms with Crippen LogP contribution in [0.2, 0.25) is 0 Å². The van der Waals surface area contributed by atoms with Crippen molar-refractivity contribution in [3.63, 3.8) is 0 Å². The van der Waals surface area contributed by atoms with Gasteiger partial charge in [-0.05, 0) is 17.2 Å². The Morgan fingerprint density at radius 1 is 1.17 bits per heavy atom. The standard InChI is InChI=1S/C19H19N3O2/c1-2-13-22-17(14-9-5-3-6-10-14)16(19(24)21-22)20-18(23)15-11-7-4-8-12-15/h3-13,16-17H,2H2,1H3,(H-,20,21,23,24)/b22-13-/t16-,17-/m1/s1. The van der Waals surface area contributed by atoms with Crippen LogP contribution in [0.1, 0.15) is 35.3 Å². The van der Waals surface area contributed by atoms with Gasteiger partial charge >= 0.3 is 0 Å². The Bertz CT molecular complexity index is 770. The van der Waals surface area contributed by atoms with Gasteiger partial charge in [-0.15, -0.1) is 0 Å². The molecule has 0 bridgehead atoms. The first kappa shape index (κ1) is 15.9. The minimum atomic E-state index is -0.706. The van der Waals surface area contributed by atoms with E-state index in [1.165, 1.54) is 0 Å². The summed E-state index contributed by atoms with van der Waals surface area (Å²) in [6, 6.07) is 17.5. The number of hydrogen-bond donors (Lipinski definition) is 1. The van der Waals surface area contributed by atoms with Crippen molar-refractivity contribution in [1.82, 2.24) is 5.32 Å². The number of benzene rings is 2. The molecule has 122 valence electrons. The third-order valence-corrected chi connectivity index (χ3v) is 3.91. The fraction of sp³-hybridized carbons (Fsp3) is 0.211. The lowest BCUT2D eigenvalue weighted by Crippen LogP contribution is -2.47. The summed E-state index contributed by atoms with van der Waals surface area (Å²) in [4.78, 5) is 12.5. The second-order valence-corrected chi connectivity index (χ2v) is 5.58. The van der Waals surface area contributed by atoms with E-state index in [-0.39, 0.29) is 17.8 Å². The SMILES string of the molecule is CC/C=[N+]1\N=C([O-])[C@H](NC(=O)c2ccccc2)[C@H]1c1ccccc1. The van der Waals surface area contributed by atoms with Gasteiger partial charge in [0.1, 0.15) is 6.04 Å². The molecule has 2 aromatic carbocycles. The molecule has 3 rings (SSSR count). The van der Waals surface area contributed by atoms with Crippen molar-refractivity contribution in [2.24, 2.45) is 5.10 Å². The fourth-order valence-corrected chi connectivity index (χ4v) is 2.82. The lowest BCUT2D eigenvalue weighted by Gasteiger charge is -2.20. The molecule has 2 aromatic rings. The molecule has 0 radical (unpaired) electrons. The second kappa shape index (κ2) is 7.08. The quantitative estimate of drug-likeness (QED) is 0.871. The molecule has 5 heteroatoms. The minimum absolute atomic E-state index is 0.275. The number of hydrogen-bond acceptors (Lipinski definition) is 3. The molecule has 0 spiro atoms. The van der Waals surface area contributed by atoms with Crippen LogP contribution in [0.4, 0.5) is 0 Å². The monoisotopic (exact) mass is 321 g/mol. The summed E-state index contributed by atoms with van der Waals surface area (Å²) in [5.41, 5.74) is 1.46. The van der Waals surface area contributed by atoms with Gasteiger partial charge in [0.05, 0.1) is 5.90 Å². The predicted octanol–water partition coefficient (Wildman–Crippen LogP) is 1.71. The van der Waals surface area contributed by atoms with E-state index in [1.807, 2.05) is 49.5 Å². The average molecular weight is 321 g/mol. The average Bonchev–Trinajstić information content (AvgIpc) is 2.92. The number of hydrazone groups is 1. The molecule has 0 unspecified atom stereocenters. The highest BCUT2D eigenvalue weighted by atomic mass is 16.3. The molecule has 2 atom stereocenters. The van der Waals surface area contributed by atoms with E-state index in [4.69, 9.17) is 0 Å². The summed E-state index contributed by atoms with van der Waals surface area (Å²) in [6.07, 6.45) is 2.61. The summed E-state index contributed by atoms with van der Waals surface area (Å²) in [5, 5.41) is 19.3. The molecule has 1 amide bonds. The Balaban J connectivity index is 1.91. The van der Waals surface area contributed by atoms with E-state index in [0.29, 0.717) is 5.56 Å². The van der Waals surface area contributed by atoms with Crippen molar-refractivity contribution in [1.29, 1.82) is 0 Å². The topological polar surface area (TPSA) is 67.5 Å². The first-order valence-corrected chi connectivity index (χ1v) is 7.98. The van der Waals surface area contributed by atoms with Crippen molar-refractivity contribution < 1.29 is 14.6 Å². The molecule has 24 heavy (non-hydrogen) atoms. The summed E-state index contributed by atoms with van der Waals surface area (Å²) < 4.78 is 1.66. The van der Waals surface area contributed by atoms with Gasteiger partial charge in [0.15, 0.2) is 6.21 Å². The smallest absolute Gasteiger partial charge is 0.252 e. The van der Waals surface area contributed by atoms with Crippen LogP contribution in [-0.2, 0) is 0 Å². The molecule has 1 N–H and O–H groups in total. The number of carbonyl (C=O) groups is 1. The van der Waals surface area contributed by atoms with E-state index >= 15 is 0 Å². The predicted molar refractivity (Wildman–Crippen MR) is 90.9 cm³/mol. The van der Waals surface area contributed by atoms with E-state index in [9.17, 15) is 9.90 Å². The minimum Gasteiger partial charge on any atom is -0.856 e. The van der Waals surface area contributed by atoms with E-state index in [0.717, 1.165) is 12.0 Å².